The average molecular weight is 216 g/mol. The fourth-order valence-corrected chi connectivity index (χ4v) is 0.989. The first-order chi connectivity index (χ1) is 6.93. The van der Waals surface area contributed by atoms with Crippen LogP contribution in [-0.4, -0.2) is 33.4 Å². The number of hydrogen-bond acceptors (Lipinski definition) is 5. The van der Waals surface area contributed by atoms with Gasteiger partial charge in [0.05, 0.1) is 5.56 Å². The van der Waals surface area contributed by atoms with Crippen LogP contribution in [0, 0.1) is 0 Å². The van der Waals surface area contributed by atoms with Crippen molar-refractivity contribution in [1.82, 2.24) is 5.16 Å². The van der Waals surface area contributed by atoms with Crippen LogP contribution in [-0.2, 0) is 11.2 Å². The molecule has 0 saturated carbocycles. The van der Waals surface area contributed by atoms with Gasteiger partial charge in [-0.1, -0.05) is 0 Å². The lowest BCUT2D eigenvalue weighted by atomic mass is 10.1. The third kappa shape index (κ3) is 2.23. The summed E-state index contributed by atoms with van der Waals surface area (Å²) in [7, 11) is 0. The van der Waals surface area contributed by atoms with Crippen molar-refractivity contribution in [2.24, 2.45) is 5.73 Å². The number of carbonyl (C=O) groups is 2. The highest BCUT2D eigenvalue weighted by Gasteiger charge is 2.23. The van der Waals surface area contributed by atoms with Gasteiger partial charge in [0, 0.05) is 6.42 Å². The Bertz CT molecular complexity index is 445. The number of aromatic carboxylic acids is 1. The number of nitrogens with two attached hydrogens (primary N) is 1. The Hall–Kier alpha value is -2.09. The molecule has 0 radical (unpaired) electrons. The van der Waals surface area contributed by atoms with Gasteiger partial charge < -0.3 is 20.5 Å². The second-order valence-corrected chi connectivity index (χ2v) is 2.79. The zero-order valence-electron chi connectivity index (χ0n) is 7.39. The highest BCUT2D eigenvalue weighted by molar-refractivity contribution is 5.86. The van der Waals surface area contributed by atoms with Gasteiger partial charge in [0.1, 0.15) is 6.04 Å². The molecule has 8 nitrogen and oxygen atoms in total. The number of aliphatic carboxylic acids is 1. The summed E-state index contributed by atoms with van der Waals surface area (Å²) in [6, 6.07) is -1.35. The van der Waals surface area contributed by atoms with Crippen molar-refractivity contribution in [1.29, 1.82) is 0 Å². The Morgan fingerprint density at radius 2 is 2.07 bits per heavy atom. The fraction of sp³-hybridized carbons (Fsp3) is 0.286. The molecule has 1 heterocycles. The summed E-state index contributed by atoms with van der Waals surface area (Å²) in [4.78, 5) is 32.0. The van der Waals surface area contributed by atoms with Gasteiger partial charge in [-0.05, 0) is 0 Å². The Morgan fingerprint density at radius 3 is 2.53 bits per heavy atom. The van der Waals surface area contributed by atoms with Crippen LogP contribution in [0.15, 0.2) is 9.32 Å². The molecular weight excluding hydrogens is 208 g/mol. The number of rotatable bonds is 4. The summed E-state index contributed by atoms with van der Waals surface area (Å²) >= 11 is 0. The summed E-state index contributed by atoms with van der Waals surface area (Å²) in [5.41, 5.74) is 4.09. The van der Waals surface area contributed by atoms with E-state index in [0.29, 0.717) is 0 Å². The predicted molar refractivity (Wildman–Crippen MR) is 45.6 cm³/mol. The first kappa shape index (κ1) is 11.0. The van der Waals surface area contributed by atoms with Crippen LogP contribution in [0.1, 0.15) is 16.1 Å². The maximum atomic E-state index is 11.0. The van der Waals surface area contributed by atoms with Crippen molar-refractivity contribution in [2.45, 2.75) is 12.5 Å². The van der Waals surface area contributed by atoms with Gasteiger partial charge in [0.2, 0.25) is 5.76 Å². The molecule has 1 aromatic rings. The Morgan fingerprint density at radius 1 is 1.47 bits per heavy atom. The zero-order valence-corrected chi connectivity index (χ0v) is 7.39. The van der Waals surface area contributed by atoms with E-state index < -0.39 is 35.7 Å². The quantitative estimate of drug-likeness (QED) is 0.484. The lowest BCUT2D eigenvalue weighted by molar-refractivity contribution is -0.138. The maximum absolute atomic E-state index is 11.0. The topological polar surface area (TPSA) is 147 Å². The van der Waals surface area contributed by atoms with Crippen LogP contribution in [0.2, 0.25) is 0 Å². The summed E-state index contributed by atoms with van der Waals surface area (Å²) < 4.78 is 4.35. The van der Waals surface area contributed by atoms with Crippen LogP contribution in [0.3, 0.4) is 0 Å². The molecule has 0 aromatic carbocycles. The van der Waals surface area contributed by atoms with Gasteiger partial charge in [0.15, 0.2) is 0 Å². The highest BCUT2D eigenvalue weighted by atomic mass is 16.5. The van der Waals surface area contributed by atoms with Gasteiger partial charge in [-0.2, -0.15) is 5.16 Å². The lowest BCUT2D eigenvalue weighted by Crippen LogP contribution is -2.34. The molecule has 0 bridgehead atoms. The molecule has 1 unspecified atom stereocenters. The summed E-state index contributed by atoms with van der Waals surface area (Å²) in [5.74, 6) is -3.40. The number of aromatic amines is 1. The standard InChI is InChI=1S/C7H8N2O6/c8-3(6(11)12)1-2-4(7(13)14)15-9-5(2)10/h3H,1,8H2,(H,9,10)(H,11,12)(H,13,14). The molecule has 82 valence electrons. The molecule has 0 aliphatic carbocycles. The molecule has 0 amide bonds. The van der Waals surface area contributed by atoms with Gasteiger partial charge >= 0.3 is 11.9 Å². The number of H-pyrrole nitrogens is 1. The fourth-order valence-electron chi connectivity index (χ4n) is 0.989. The number of carboxylic acid groups (broad SMARTS) is 2. The first-order valence-corrected chi connectivity index (χ1v) is 3.85. The molecule has 0 aliphatic heterocycles. The zero-order chi connectivity index (χ0) is 11.6. The van der Waals surface area contributed by atoms with Crippen LogP contribution >= 0.6 is 0 Å². The van der Waals surface area contributed by atoms with E-state index in [1.165, 1.54) is 0 Å². The minimum Gasteiger partial charge on any atom is -0.480 e. The van der Waals surface area contributed by atoms with E-state index in [1.54, 1.807) is 5.16 Å². The normalized spacial score (nSPS) is 12.3. The molecule has 5 N–H and O–H groups in total. The highest BCUT2D eigenvalue weighted by Crippen LogP contribution is 2.05. The van der Waals surface area contributed by atoms with E-state index in [4.69, 9.17) is 15.9 Å². The maximum Gasteiger partial charge on any atom is 0.375 e. The molecule has 1 rings (SSSR count). The van der Waals surface area contributed by atoms with Crippen molar-refractivity contribution < 1.29 is 24.3 Å². The predicted octanol–water partition coefficient (Wildman–Crippen LogP) is -1.38. The van der Waals surface area contributed by atoms with E-state index in [9.17, 15) is 14.4 Å². The van der Waals surface area contributed by atoms with E-state index in [-0.39, 0.29) is 5.56 Å². The summed E-state index contributed by atoms with van der Waals surface area (Å²) in [6.07, 6.45) is -0.400. The average Bonchev–Trinajstić information content (AvgIpc) is 2.48. The number of nitrogens with one attached hydrogen (secondary N) is 1. The number of carboxylic acids is 2. The van der Waals surface area contributed by atoms with Gasteiger partial charge in [0.25, 0.3) is 5.56 Å². The molecule has 0 aliphatic rings. The number of hydrogen-bond donors (Lipinski definition) is 4. The monoisotopic (exact) mass is 216 g/mol. The molecule has 0 fully saturated rings. The summed E-state index contributed by atoms with van der Waals surface area (Å²) in [6.45, 7) is 0. The first-order valence-electron chi connectivity index (χ1n) is 3.85. The van der Waals surface area contributed by atoms with Crippen LogP contribution in [0.5, 0.6) is 0 Å². The molecule has 1 aromatic heterocycles. The molecular formula is C7H8N2O6. The SMILES string of the molecule is NC(Cc1c(C(=O)O)o[nH]c1=O)C(=O)O. The van der Waals surface area contributed by atoms with E-state index in [1.807, 2.05) is 0 Å². The number of aromatic nitrogens is 1. The summed E-state index contributed by atoms with van der Waals surface area (Å²) in [5, 5.41) is 18.9. The van der Waals surface area contributed by atoms with E-state index in [0.717, 1.165) is 0 Å². The van der Waals surface area contributed by atoms with Crippen LogP contribution < -0.4 is 11.3 Å². The largest absolute Gasteiger partial charge is 0.480 e. The van der Waals surface area contributed by atoms with Crippen molar-refractivity contribution in [2.75, 3.05) is 0 Å². The van der Waals surface area contributed by atoms with Crippen molar-refractivity contribution in [3.63, 3.8) is 0 Å². The van der Waals surface area contributed by atoms with Crippen molar-refractivity contribution in [3.05, 3.63) is 21.7 Å². The Labute approximate surface area is 82.3 Å². The van der Waals surface area contributed by atoms with Gasteiger partial charge in [-0.3, -0.25) is 9.59 Å². The van der Waals surface area contributed by atoms with E-state index in [2.05, 4.69) is 4.52 Å². The lowest BCUT2D eigenvalue weighted by Gasteiger charge is -2.02. The molecule has 15 heavy (non-hydrogen) atoms. The minimum atomic E-state index is -1.46. The van der Waals surface area contributed by atoms with Gasteiger partial charge in [-0.25, -0.2) is 4.79 Å². The molecule has 1 atom stereocenters. The molecule has 8 heteroatoms. The Balaban J connectivity index is 3.03. The molecule has 0 spiro atoms. The smallest absolute Gasteiger partial charge is 0.375 e. The third-order valence-corrected chi connectivity index (χ3v) is 1.73. The molecule has 0 saturated heterocycles. The Kier molecular flexibility index (Phi) is 2.90. The third-order valence-electron chi connectivity index (χ3n) is 1.73. The van der Waals surface area contributed by atoms with Crippen LogP contribution in [0.25, 0.3) is 0 Å². The van der Waals surface area contributed by atoms with Gasteiger partial charge in [-0.15, -0.1) is 0 Å². The van der Waals surface area contributed by atoms with Crippen molar-refractivity contribution >= 4 is 11.9 Å². The second kappa shape index (κ2) is 3.96. The van der Waals surface area contributed by atoms with Crippen LogP contribution in [0.4, 0.5) is 0 Å². The second-order valence-electron chi connectivity index (χ2n) is 2.79. The minimum absolute atomic E-state index is 0.280. The van der Waals surface area contributed by atoms with E-state index >= 15 is 0 Å². The van der Waals surface area contributed by atoms with Crippen molar-refractivity contribution in [3.8, 4) is 0 Å².